The number of hydrogen-bond acceptors (Lipinski definition) is 7. The van der Waals surface area contributed by atoms with Crippen LogP contribution >= 0.6 is 11.3 Å². The molecule has 1 amide bonds. The number of hydrogen-bond donors (Lipinski definition) is 1. The van der Waals surface area contributed by atoms with Gasteiger partial charge in [-0.1, -0.05) is 11.3 Å². The Morgan fingerprint density at radius 1 is 1.30 bits per heavy atom. The number of anilines is 1. The topological polar surface area (TPSA) is 88.8 Å². The zero-order valence-corrected chi connectivity index (χ0v) is 16.4. The van der Waals surface area contributed by atoms with E-state index in [-0.39, 0.29) is 17.4 Å². The first-order valence-corrected chi connectivity index (χ1v) is 10.4. The van der Waals surface area contributed by atoms with Gasteiger partial charge in [0, 0.05) is 38.2 Å². The maximum atomic E-state index is 12.7. The van der Waals surface area contributed by atoms with Crippen molar-refractivity contribution in [3.05, 3.63) is 21.6 Å². The van der Waals surface area contributed by atoms with Crippen molar-refractivity contribution in [2.24, 2.45) is 5.92 Å². The van der Waals surface area contributed by atoms with E-state index in [0.29, 0.717) is 18.1 Å². The van der Waals surface area contributed by atoms with E-state index < -0.39 is 0 Å². The maximum Gasteiger partial charge on any atom is 0.278 e. The lowest BCUT2D eigenvalue weighted by molar-refractivity contribution is -0.125. The number of amides is 1. The van der Waals surface area contributed by atoms with E-state index in [1.807, 2.05) is 0 Å². The SMILES string of the molecule is COCCNC(=O)C1CCN(c2nn3c(=O)c4c(nc3s2)CCCC4)CC1. The largest absolute Gasteiger partial charge is 0.383 e. The van der Waals surface area contributed by atoms with E-state index in [2.05, 4.69) is 15.3 Å². The van der Waals surface area contributed by atoms with Crippen molar-refractivity contribution in [2.75, 3.05) is 38.3 Å². The van der Waals surface area contributed by atoms with Crippen molar-refractivity contribution in [3.63, 3.8) is 0 Å². The smallest absolute Gasteiger partial charge is 0.278 e. The molecule has 2 aromatic heterocycles. The van der Waals surface area contributed by atoms with Crippen LogP contribution < -0.4 is 15.8 Å². The molecule has 8 nitrogen and oxygen atoms in total. The Kier molecular flexibility index (Phi) is 5.40. The molecule has 2 aromatic rings. The van der Waals surface area contributed by atoms with Crippen LogP contribution in [0.5, 0.6) is 0 Å². The molecule has 3 heterocycles. The molecule has 27 heavy (non-hydrogen) atoms. The van der Waals surface area contributed by atoms with Crippen LogP contribution in [0.15, 0.2) is 4.79 Å². The zero-order valence-electron chi connectivity index (χ0n) is 15.6. The van der Waals surface area contributed by atoms with Crippen LogP contribution in [0.4, 0.5) is 5.13 Å². The number of carbonyl (C=O) groups excluding carboxylic acids is 1. The van der Waals surface area contributed by atoms with Gasteiger partial charge in [0.25, 0.3) is 5.56 Å². The summed E-state index contributed by atoms with van der Waals surface area (Å²) in [6, 6.07) is 0. The Labute approximate surface area is 161 Å². The summed E-state index contributed by atoms with van der Waals surface area (Å²) >= 11 is 1.47. The molecule has 0 saturated carbocycles. The van der Waals surface area contributed by atoms with E-state index in [4.69, 9.17) is 9.72 Å². The predicted molar refractivity (Wildman–Crippen MR) is 104 cm³/mol. The first-order valence-electron chi connectivity index (χ1n) is 9.60. The average Bonchev–Trinajstić information content (AvgIpc) is 3.13. The number of carbonyl (C=O) groups is 1. The Hall–Kier alpha value is -2.00. The molecule has 0 unspecified atom stereocenters. The molecular weight excluding hydrogens is 366 g/mol. The zero-order chi connectivity index (χ0) is 18.8. The standard InChI is InChI=1S/C18H25N5O3S/c1-26-11-8-19-15(24)12-6-9-22(10-7-12)18-21-23-16(25)13-4-2-3-5-14(13)20-17(23)27-18/h12H,2-11H2,1H3,(H,19,24). The molecule has 0 spiro atoms. The summed E-state index contributed by atoms with van der Waals surface area (Å²) in [5, 5.41) is 8.28. The highest BCUT2D eigenvalue weighted by Crippen LogP contribution is 2.28. The molecule has 146 valence electrons. The van der Waals surface area contributed by atoms with Crippen molar-refractivity contribution in [3.8, 4) is 0 Å². The lowest BCUT2D eigenvalue weighted by atomic mass is 9.96. The summed E-state index contributed by atoms with van der Waals surface area (Å²) in [6.45, 7) is 2.60. The van der Waals surface area contributed by atoms with Crippen LogP contribution in [-0.2, 0) is 22.4 Å². The average molecular weight is 391 g/mol. The van der Waals surface area contributed by atoms with Gasteiger partial charge in [-0.15, -0.1) is 5.10 Å². The number of fused-ring (bicyclic) bond motifs is 2. The fourth-order valence-corrected chi connectivity index (χ4v) is 4.81. The molecule has 2 aliphatic rings. The lowest BCUT2D eigenvalue weighted by Gasteiger charge is -2.30. The molecular formula is C18H25N5O3S. The third kappa shape index (κ3) is 3.70. The van der Waals surface area contributed by atoms with Gasteiger partial charge in [-0.05, 0) is 38.5 Å². The van der Waals surface area contributed by atoms with Crippen LogP contribution in [-0.4, -0.2) is 53.9 Å². The van der Waals surface area contributed by atoms with E-state index >= 15 is 0 Å². The van der Waals surface area contributed by atoms with Gasteiger partial charge >= 0.3 is 0 Å². The lowest BCUT2D eigenvalue weighted by Crippen LogP contribution is -2.41. The molecule has 0 aromatic carbocycles. The van der Waals surface area contributed by atoms with Crippen molar-refractivity contribution in [1.82, 2.24) is 19.9 Å². The number of aryl methyl sites for hydroxylation is 1. The van der Waals surface area contributed by atoms with Crippen molar-refractivity contribution >= 4 is 27.3 Å². The van der Waals surface area contributed by atoms with Crippen LogP contribution in [0.3, 0.4) is 0 Å². The van der Waals surface area contributed by atoms with Crippen LogP contribution in [0, 0.1) is 5.92 Å². The Morgan fingerprint density at radius 3 is 2.85 bits per heavy atom. The second-order valence-corrected chi connectivity index (χ2v) is 8.11. The van der Waals surface area contributed by atoms with Gasteiger partial charge in [0.2, 0.25) is 16.0 Å². The molecule has 1 saturated heterocycles. The number of nitrogens with zero attached hydrogens (tertiary/aromatic N) is 4. The summed E-state index contributed by atoms with van der Waals surface area (Å²) in [4.78, 5) is 32.4. The van der Waals surface area contributed by atoms with Crippen LogP contribution in [0.1, 0.15) is 36.9 Å². The number of ether oxygens (including phenoxy) is 1. The summed E-state index contributed by atoms with van der Waals surface area (Å²) < 4.78 is 6.43. The second-order valence-electron chi connectivity index (χ2n) is 7.17. The Morgan fingerprint density at radius 2 is 2.07 bits per heavy atom. The number of methoxy groups -OCH3 is 1. The highest BCUT2D eigenvalue weighted by atomic mass is 32.1. The predicted octanol–water partition coefficient (Wildman–Crippen LogP) is 1.01. The monoisotopic (exact) mass is 391 g/mol. The summed E-state index contributed by atoms with van der Waals surface area (Å²) in [5.74, 6) is 0.127. The van der Waals surface area contributed by atoms with E-state index in [1.165, 1.54) is 15.9 Å². The van der Waals surface area contributed by atoms with Gasteiger partial charge in [-0.2, -0.15) is 4.52 Å². The molecule has 0 bridgehead atoms. The third-order valence-electron chi connectivity index (χ3n) is 5.41. The minimum absolute atomic E-state index is 0.00962. The van der Waals surface area contributed by atoms with Gasteiger partial charge in [0.15, 0.2) is 0 Å². The van der Waals surface area contributed by atoms with Gasteiger partial charge in [-0.25, -0.2) is 4.98 Å². The van der Waals surface area contributed by atoms with Gasteiger partial charge in [-0.3, -0.25) is 9.59 Å². The highest BCUT2D eigenvalue weighted by Gasteiger charge is 2.27. The fourth-order valence-electron chi connectivity index (χ4n) is 3.84. The molecule has 1 fully saturated rings. The quantitative estimate of drug-likeness (QED) is 0.766. The number of piperidine rings is 1. The van der Waals surface area contributed by atoms with E-state index in [9.17, 15) is 9.59 Å². The molecule has 0 atom stereocenters. The molecule has 1 aliphatic heterocycles. The Bertz CT molecular complexity index is 885. The first-order chi connectivity index (χ1) is 13.2. The third-order valence-corrected chi connectivity index (χ3v) is 6.38. The number of rotatable bonds is 5. The number of aromatic nitrogens is 3. The fraction of sp³-hybridized carbons (Fsp3) is 0.667. The maximum absolute atomic E-state index is 12.7. The molecule has 1 N–H and O–H groups in total. The molecule has 1 aliphatic carbocycles. The summed E-state index contributed by atoms with van der Waals surface area (Å²) in [6.07, 6.45) is 5.41. The molecule has 4 rings (SSSR count). The van der Waals surface area contributed by atoms with E-state index in [0.717, 1.165) is 68.0 Å². The van der Waals surface area contributed by atoms with Crippen LogP contribution in [0.2, 0.25) is 0 Å². The minimum Gasteiger partial charge on any atom is -0.383 e. The van der Waals surface area contributed by atoms with Gasteiger partial charge in [0.05, 0.1) is 12.3 Å². The first kappa shape index (κ1) is 18.4. The summed E-state index contributed by atoms with van der Waals surface area (Å²) in [5.41, 5.74) is 1.78. The van der Waals surface area contributed by atoms with Gasteiger partial charge in [0.1, 0.15) is 0 Å². The Balaban J connectivity index is 1.46. The van der Waals surface area contributed by atoms with E-state index in [1.54, 1.807) is 7.11 Å². The minimum atomic E-state index is -0.00962. The number of nitrogens with one attached hydrogen (secondary N) is 1. The molecule has 0 radical (unpaired) electrons. The van der Waals surface area contributed by atoms with Crippen molar-refractivity contribution in [2.45, 2.75) is 38.5 Å². The van der Waals surface area contributed by atoms with Gasteiger partial charge < -0.3 is 15.0 Å². The summed E-state index contributed by atoms with van der Waals surface area (Å²) in [7, 11) is 1.62. The molecule has 9 heteroatoms. The second kappa shape index (κ2) is 7.93. The van der Waals surface area contributed by atoms with Crippen molar-refractivity contribution < 1.29 is 9.53 Å². The highest BCUT2D eigenvalue weighted by molar-refractivity contribution is 7.20. The van der Waals surface area contributed by atoms with Crippen molar-refractivity contribution in [1.29, 1.82) is 0 Å². The normalized spacial score (nSPS) is 17.9. The van der Waals surface area contributed by atoms with Crippen LogP contribution in [0.25, 0.3) is 4.96 Å².